The van der Waals surface area contributed by atoms with Crippen molar-refractivity contribution in [3.8, 4) is 5.75 Å². The number of aromatic nitrogens is 2. The molecule has 0 radical (unpaired) electrons. The lowest BCUT2D eigenvalue weighted by Gasteiger charge is -2.01. The summed E-state index contributed by atoms with van der Waals surface area (Å²) >= 11 is 0. The number of ether oxygens (including phenoxy) is 1. The van der Waals surface area contributed by atoms with E-state index in [1.165, 1.54) is 12.4 Å². The van der Waals surface area contributed by atoms with Gasteiger partial charge in [0.15, 0.2) is 0 Å². The van der Waals surface area contributed by atoms with Crippen LogP contribution in [-0.2, 0) is 11.3 Å². The van der Waals surface area contributed by atoms with E-state index >= 15 is 0 Å². The molecule has 0 fully saturated rings. The quantitative estimate of drug-likeness (QED) is 0.485. The van der Waals surface area contributed by atoms with Crippen LogP contribution in [0.4, 0.5) is 5.69 Å². The van der Waals surface area contributed by atoms with Gasteiger partial charge in [0.1, 0.15) is 24.7 Å². The van der Waals surface area contributed by atoms with Crippen molar-refractivity contribution in [3.63, 3.8) is 0 Å². The molecule has 1 heterocycles. The Hall–Kier alpha value is -3.23. The zero-order valence-corrected chi connectivity index (χ0v) is 11.7. The number of rotatable bonds is 6. The molecular formula is C13H13N5O4. The normalized spacial score (nSPS) is 10.6. The van der Waals surface area contributed by atoms with Crippen LogP contribution in [0.1, 0.15) is 5.56 Å². The monoisotopic (exact) mass is 303 g/mol. The molecule has 0 bridgehead atoms. The molecule has 0 saturated carbocycles. The molecule has 0 saturated heterocycles. The van der Waals surface area contributed by atoms with Crippen molar-refractivity contribution in [1.29, 1.82) is 0 Å². The predicted molar refractivity (Wildman–Crippen MR) is 77.6 cm³/mol. The summed E-state index contributed by atoms with van der Waals surface area (Å²) < 4.78 is 6.23. The molecule has 0 aliphatic heterocycles. The van der Waals surface area contributed by atoms with Crippen molar-refractivity contribution in [2.24, 2.45) is 5.10 Å². The van der Waals surface area contributed by atoms with Crippen molar-refractivity contribution in [3.05, 3.63) is 52.3 Å². The van der Waals surface area contributed by atoms with Crippen molar-refractivity contribution in [1.82, 2.24) is 15.2 Å². The second-order valence-corrected chi connectivity index (χ2v) is 4.22. The van der Waals surface area contributed by atoms with Crippen molar-refractivity contribution >= 4 is 17.8 Å². The number of amides is 1. The zero-order chi connectivity index (χ0) is 15.9. The minimum absolute atomic E-state index is 0.163. The maximum atomic E-state index is 11.6. The molecule has 0 aliphatic carbocycles. The highest BCUT2D eigenvalue weighted by Gasteiger charge is 2.10. The summed E-state index contributed by atoms with van der Waals surface area (Å²) in [5, 5.41) is 18.0. The first-order valence-electron chi connectivity index (χ1n) is 6.21. The van der Waals surface area contributed by atoms with Gasteiger partial charge in [-0.2, -0.15) is 10.2 Å². The van der Waals surface area contributed by atoms with E-state index in [-0.39, 0.29) is 12.2 Å². The zero-order valence-electron chi connectivity index (χ0n) is 11.7. The molecule has 1 aromatic carbocycles. The van der Waals surface area contributed by atoms with E-state index in [1.54, 1.807) is 31.4 Å². The van der Waals surface area contributed by atoms with Crippen LogP contribution in [-0.4, -0.2) is 33.9 Å². The summed E-state index contributed by atoms with van der Waals surface area (Å²) in [5.41, 5.74) is 2.90. The van der Waals surface area contributed by atoms with Gasteiger partial charge in [0.2, 0.25) is 0 Å². The van der Waals surface area contributed by atoms with E-state index in [1.807, 2.05) is 0 Å². The largest absolute Gasteiger partial charge is 0.497 e. The summed E-state index contributed by atoms with van der Waals surface area (Å²) in [4.78, 5) is 21.5. The Morgan fingerprint density at radius 3 is 3.09 bits per heavy atom. The number of carbonyl (C=O) groups is 1. The molecule has 1 N–H and O–H groups in total. The third-order valence-electron chi connectivity index (χ3n) is 2.63. The number of nitro groups is 1. The van der Waals surface area contributed by atoms with Gasteiger partial charge in [-0.25, -0.2) is 5.43 Å². The second kappa shape index (κ2) is 6.97. The van der Waals surface area contributed by atoms with Crippen LogP contribution in [0.3, 0.4) is 0 Å². The molecule has 22 heavy (non-hydrogen) atoms. The molecule has 0 unspecified atom stereocenters. The van der Waals surface area contributed by atoms with Crippen molar-refractivity contribution in [2.45, 2.75) is 6.54 Å². The Morgan fingerprint density at radius 1 is 1.59 bits per heavy atom. The predicted octanol–water partition coefficient (Wildman–Crippen LogP) is 0.950. The third kappa shape index (κ3) is 4.13. The third-order valence-corrected chi connectivity index (χ3v) is 2.63. The lowest BCUT2D eigenvalue weighted by Crippen LogP contribution is -2.23. The maximum absolute atomic E-state index is 11.6. The fourth-order valence-electron chi connectivity index (χ4n) is 1.62. The molecule has 0 aliphatic rings. The van der Waals surface area contributed by atoms with Gasteiger partial charge in [0, 0.05) is 0 Å². The highest BCUT2D eigenvalue weighted by Crippen LogP contribution is 2.10. The Balaban J connectivity index is 1.88. The van der Waals surface area contributed by atoms with Gasteiger partial charge in [0.25, 0.3) is 5.91 Å². The van der Waals surface area contributed by atoms with E-state index < -0.39 is 10.8 Å². The second-order valence-electron chi connectivity index (χ2n) is 4.22. The maximum Gasteiger partial charge on any atom is 0.307 e. The molecule has 2 aromatic rings. The number of hydrogen-bond acceptors (Lipinski definition) is 6. The van der Waals surface area contributed by atoms with E-state index in [2.05, 4.69) is 15.6 Å². The number of benzene rings is 1. The smallest absolute Gasteiger partial charge is 0.307 e. The lowest BCUT2D eigenvalue weighted by molar-refractivity contribution is -0.385. The highest BCUT2D eigenvalue weighted by molar-refractivity contribution is 5.82. The summed E-state index contributed by atoms with van der Waals surface area (Å²) in [6.07, 6.45) is 3.71. The van der Waals surface area contributed by atoms with Gasteiger partial charge in [0.05, 0.1) is 18.2 Å². The first-order chi connectivity index (χ1) is 10.6. The molecule has 0 spiro atoms. The van der Waals surface area contributed by atoms with Gasteiger partial charge >= 0.3 is 5.69 Å². The van der Waals surface area contributed by atoms with E-state index in [9.17, 15) is 14.9 Å². The minimum Gasteiger partial charge on any atom is -0.497 e. The average Bonchev–Trinajstić information content (AvgIpc) is 2.96. The van der Waals surface area contributed by atoms with Crippen LogP contribution in [0, 0.1) is 10.1 Å². The molecule has 114 valence electrons. The first kappa shape index (κ1) is 15.2. The standard InChI is InChI=1S/C13H13N5O4/c1-22-12-4-2-3-10(5-12)6-14-16-13(19)9-17-8-11(7-15-17)18(20)21/h2-8H,9H2,1H3,(H,16,19). The van der Waals surface area contributed by atoms with Crippen molar-refractivity contribution < 1.29 is 14.5 Å². The summed E-state index contributed by atoms with van der Waals surface area (Å²) in [6, 6.07) is 7.15. The van der Waals surface area contributed by atoms with Crippen LogP contribution in [0.2, 0.25) is 0 Å². The molecule has 9 nitrogen and oxygen atoms in total. The number of hydrogen-bond donors (Lipinski definition) is 1. The van der Waals surface area contributed by atoms with E-state index in [4.69, 9.17) is 4.74 Å². The van der Waals surface area contributed by atoms with Crippen LogP contribution in [0.25, 0.3) is 0 Å². The summed E-state index contributed by atoms with van der Waals surface area (Å²) in [6.45, 7) is -0.163. The number of nitrogens with one attached hydrogen (secondary N) is 1. The van der Waals surface area contributed by atoms with Crippen molar-refractivity contribution in [2.75, 3.05) is 7.11 Å². The number of methoxy groups -OCH3 is 1. The minimum atomic E-state index is -0.581. The van der Waals surface area contributed by atoms with Gasteiger partial charge in [-0.05, 0) is 17.7 Å². The van der Waals surface area contributed by atoms with Gasteiger partial charge in [-0.15, -0.1) is 0 Å². The van der Waals surface area contributed by atoms with Crippen LogP contribution in [0.5, 0.6) is 5.75 Å². The Morgan fingerprint density at radius 2 is 2.41 bits per heavy atom. The van der Waals surface area contributed by atoms with E-state index in [0.29, 0.717) is 5.75 Å². The lowest BCUT2D eigenvalue weighted by atomic mass is 10.2. The molecule has 1 aromatic heterocycles. The molecular weight excluding hydrogens is 290 g/mol. The Bertz CT molecular complexity index is 710. The number of nitrogens with zero attached hydrogens (tertiary/aromatic N) is 4. The molecule has 2 rings (SSSR count). The fraction of sp³-hybridized carbons (Fsp3) is 0.154. The van der Waals surface area contributed by atoms with Crippen LogP contribution >= 0.6 is 0 Å². The first-order valence-corrected chi connectivity index (χ1v) is 6.21. The SMILES string of the molecule is COc1cccc(C=NNC(=O)Cn2cc([N+](=O)[O-])cn2)c1. The molecule has 0 atom stereocenters. The molecule has 9 heteroatoms. The van der Waals surface area contributed by atoms with Crippen LogP contribution < -0.4 is 10.2 Å². The summed E-state index contributed by atoms with van der Waals surface area (Å²) in [5.74, 6) is 0.233. The number of carbonyl (C=O) groups excluding carboxylic acids is 1. The Kier molecular flexibility index (Phi) is 4.81. The summed E-state index contributed by atoms with van der Waals surface area (Å²) in [7, 11) is 1.56. The highest BCUT2D eigenvalue weighted by atomic mass is 16.6. The molecule has 1 amide bonds. The van der Waals surface area contributed by atoms with Crippen LogP contribution in [0.15, 0.2) is 41.8 Å². The van der Waals surface area contributed by atoms with Gasteiger partial charge in [-0.1, -0.05) is 12.1 Å². The fourth-order valence-corrected chi connectivity index (χ4v) is 1.62. The Labute approximate surface area is 125 Å². The van der Waals surface area contributed by atoms with Gasteiger partial charge < -0.3 is 4.74 Å². The van der Waals surface area contributed by atoms with Gasteiger partial charge in [-0.3, -0.25) is 19.6 Å². The number of hydrazone groups is 1. The topological polar surface area (TPSA) is 112 Å². The van der Waals surface area contributed by atoms with E-state index in [0.717, 1.165) is 16.4 Å². The average molecular weight is 303 g/mol.